The summed E-state index contributed by atoms with van der Waals surface area (Å²) in [6.45, 7) is 3.28. The molecule has 1 unspecified atom stereocenters. The molecule has 3 saturated heterocycles. The molecule has 6 nitrogen and oxygen atoms in total. The van der Waals surface area contributed by atoms with E-state index in [-0.39, 0.29) is 17.6 Å². The molecule has 2 N–H and O–H groups in total. The molecule has 33 heavy (non-hydrogen) atoms. The number of fused-ring (bicyclic) bond motifs is 3. The highest BCUT2D eigenvalue weighted by atomic mass is 32.2. The molecule has 3 aliphatic rings. The molecule has 2 aromatic carbocycles. The summed E-state index contributed by atoms with van der Waals surface area (Å²) in [5, 5.41) is 11.8. The smallest absolute Gasteiger partial charge is 0.229 e. The quantitative estimate of drug-likeness (QED) is 0.500. The van der Waals surface area contributed by atoms with Gasteiger partial charge in [0.05, 0.1) is 31.2 Å². The maximum atomic E-state index is 13.1. The Hall–Kier alpha value is -2.71. The van der Waals surface area contributed by atoms with Crippen molar-refractivity contribution < 1.29 is 14.1 Å². The number of piperidine rings is 3. The second-order valence-corrected chi connectivity index (χ2v) is 10.1. The van der Waals surface area contributed by atoms with Crippen molar-refractivity contribution >= 4 is 17.7 Å². The van der Waals surface area contributed by atoms with E-state index in [0.29, 0.717) is 18.5 Å². The predicted octanol–water partition coefficient (Wildman–Crippen LogP) is 2.32. The lowest BCUT2D eigenvalue weighted by Crippen LogP contribution is -3.20. The van der Waals surface area contributed by atoms with Gasteiger partial charge in [-0.05, 0) is 35.7 Å². The number of hydrogen-bond acceptors (Lipinski definition) is 4. The van der Waals surface area contributed by atoms with E-state index in [1.165, 1.54) is 21.9 Å². The number of carbonyl (C=O) groups excluding carboxylic acids is 1. The van der Waals surface area contributed by atoms with Crippen LogP contribution in [0.15, 0.2) is 65.7 Å². The first-order valence-corrected chi connectivity index (χ1v) is 12.6. The maximum Gasteiger partial charge on any atom is 0.229 e. The average Bonchev–Trinajstić information content (AvgIpc) is 3.30. The van der Waals surface area contributed by atoms with Crippen LogP contribution in [0.2, 0.25) is 0 Å². The predicted molar refractivity (Wildman–Crippen MR) is 125 cm³/mol. The maximum absolute atomic E-state index is 13.1. The fourth-order valence-electron chi connectivity index (χ4n) is 5.13. The molecule has 6 rings (SSSR count). The van der Waals surface area contributed by atoms with Crippen molar-refractivity contribution in [2.75, 3.05) is 13.1 Å². The van der Waals surface area contributed by atoms with Crippen molar-refractivity contribution in [3.05, 3.63) is 77.9 Å². The average molecular weight is 467 g/mol. The Balaban J connectivity index is 1.12. The molecular weight excluding hydrogens is 437 g/mol. The van der Waals surface area contributed by atoms with E-state index < -0.39 is 0 Å². The minimum Gasteiger partial charge on any atom is -0.352 e. The molecule has 0 saturated carbocycles. The molecule has 0 radical (unpaired) electrons. The summed E-state index contributed by atoms with van der Waals surface area (Å²) in [5.41, 5.74) is 1.91. The molecule has 8 heteroatoms. The number of benzene rings is 2. The summed E-state index contributed by atoms with van der Waals surface area (Å²) >= 11 is 1.77. The fourth-order valence-corrected chi connectivity index (χ4v) is 5.93. The normalized spacial score (nSPS) is 24.0. The summed E-state index contributed by atoms with van der Waals surface area (Å²) < 4.78 is 15.1. The van der Waals surface area contributed by atoms with Crippen LogP contribution in [0.1, 0.15) is 24.1 Å². The Labute approximate surface area is 197 Å². The Morgan fingerprint density at radius 1 is 1.18 bits per heavy atom. The van der Waals surface area contributed by atoms with Crippen molar-refractivity contribution in [1.29, 1.82) is 0 Å². The van der Waals surface area contributed by atoms with Crippen LogP contribution in [-0.4, -0.2) is 40.0 Å². The SMILES string of the molecule is O=C(NCc1ccc(F)cc1)[C@H]1C[NH+]2CC[C@@H]1C[C@@H]2Cn1cc(CSc2ccccc2)nn1. The molecule has 0 aliphatic carbocycles. The molecule has 172 valence electrons. The third-order valence-corrected chi connectivity index (χ3v) is 7.94. The Morgan fingerprint density at radius 3 is 2.76 bits per heavy atom. The summed E-state index contributed by atoms with van der Waals surface area (Å²) in [5.74, 6) is 1.15. The van der Waals surface area contributed by atoms with Gasteiger partial charge in [-0.25, -0.2) is 9.07 Å². The Bertz CT molecular complexity index is 1070. The van der Waals surface area contributed by atoms with Gasteiger partial charge in [-0.3, -0.25) is 4.79 Å². The molecule has 3 fully saturated rings. The van der Waals surface area contributed by atoms with E-state index in [1.807, 2.05) is 22.9 Å². The second-order valence-electron chi connectivity index (χ2n) is 9.08. The van der Waals surface area contributed by atoms with Crippen molar-refractivity contribution in [3.63, 3.8) is 0 Å². The van der Waals surface area contributed by atoms with Crippen LogP contribution >= 0.6 is 11.8 Å². The van der Waals surface area contributed by atoms with Gasteiger partial charge in [-0.2, -0.15) is 0 Å². The van der Waals surface area contributed by atoms with E-state index in [1.54, 1.807) is 23.9 Å². The molecule has 3 aliphatic heterocycles. The highest BCUT2D eigenvalue weighted by Gasteiger charge is 2.46. The van der Waals surface area contributed by atoms with E-state index in [9.17, 15) is 9.18 Å². The summed E-state index contributed by atoms with van der Waals surface area (Å²) in [4.78, 5) is 15.6. The number of nitrogens with zero attached hydrogens (tertiary/aromatic N) is 3. The first-order valence-electron chi connectivity index (χ1n) is 11.6. The number of nitrogens with one attached hydrogen (secondary N) is 2. The largest absolute Gasteiger partial charge is 0.352 e. The zero-order valence-electron chi connectivity index (χ0n) is 18.5. The van der Waals surface area contributed by atoms with Crippen LogP contribution in [0.4, 0.5) is 4.39 Å². The Kier molecular flexibility index (Phi) is 6.73. The number of thioether (sulfide) groups is 1. The first-order chi connectivity index (χ1) is 16.1. The zero-order valence-corrected chi connectivity index (χ0v) is 19.3. The van der Waals surface area contributed by atoms with Gasteiger partial charge in [0.2, 0.25) is 5.91 Å². The summed E-state index contributed by atoms with van der Waals surface area (Å²) in [6.07, 6.45) is 4.19. The number of amides is 1. The molecule has 4 atom stereocenters. The van der Waals surface area contributed by atoms with Crippen molar-refractivity contribution in [3.8, 4) is 0 Å². The number of hydrogen-bond donors (Lipinski definition) is 2. The lowest BCUT2D eigenvalue weighted by atomic mass is 9.75. The van der Waals surface area contributed by atoms with E-state index in [4.69, 9.17) is 0 Å². The molecule has 2 bridgehead atoms. The minimum atomic E-state index is -0.258. The van der Waals surface area contributed by atoms with Gasteiger partial charge in [0, 0.05) is 36.2 Å². The van der Waals surface area contributed by atoms with Crippen LogP contribution in [0.25, 0.3) is 0 Å². The molecular formula is C25H29FN5OS+. The van der Waals surface area contributed by atoms with Gasteiger partial charge >= 0.3 is 0 Å². The van der Waals surface area contributed by atoms with Crippen molar-refractivity contribution in [2.24, 2.45) is 11.8 Å². The molecule has 1 aromatic heterocycles. The second kappa shape index (κ2) is 10.1. The molecule has 0 spiro atoms. The van der Waals surface area contributed by atoms with E-state index in [0.717, 1.165) is 49.5 Å². The van der Waals surface area contributed by atoms with E-state index >= 15 is 0 Å². The third-order valence-electron chi connectivity index (χ3n) is 6.89. The number of carbonyl (C=O) groups is 1. The Morgan fingerprint density at radius 2 is 2.00 bits per heavy atom. The van der Waals surface area contributed by atoms with Crippen LogP contribution in [0.3, 0.4) is 0 Å². The number of rotatable bonds is 8. The highest BCUT2D eigenvalue weighted by Crippen LogP contribution is 2.28. The monoisotopic (exact) mass is 466 g/mol. The number of quaternary nitrogens is 1. The fraction of sp³-hybridized carbons (Fsp3) is 0.400. The topological polar surface area (TPSA) is 64.2 Å². The number of halogens is 1. The van der Waals surface area contributed by atoms with Gasteiger partial charge < -0.3 is 10.2 Å². The third kappa shape index (κ3) is 5.45. The molecule has 4 heterocycles. The van der Waals surface area contributed by atoms with Crippen molar-refractivity contribution in [2.45, 2.75) is 42.6 Å². The van der Waals surface area contributed by atoms with Crippen LogP contribution in [0.5, 0.6) is 0 Å². The highest BCUT2D eigenvalue weighted by molar-refractivity contribution is 7.98. The lowest BCUT2D eigenvalue weighted by molar-refractivity contribution is -0.945. The van der Waals surface area contributed by atoms with Gasteiger partial charge in [-0.1, -0.05) is 35.5 Å². The van der Waals surface area contributed by atoms with Crippen LogP contribution in [0, 0.1) is 17.7 Å². The van der Waals surface area contributed by atoms with Crippen LogP contribution < -0.4 is 10.2 Å². The molecule has 3 aromatic rings. The van der Waals surface area contributed by atoms with Gasteiger partial charge in [-0.15, -0.1) is 16.9 Å². The van der Waals surface area contributed by atoms with E-state index in [2.05, 4.69) is 34.0 Å². The number of aromatic nitrogens is 3. The van der Waals surface area contributed by atoms with Gasteiger partial charge in [0.25, 0.3) is 0 Å². The standard InChI is InChI=1S/C25H28FN5OS/c26-20-8-6-18(7-9-20)13-27-25(32)24-16-30-11-10-19(24)12-22(30)15-31-14-21(28-29-31)17-33-23-4-2-1-3-5-23/h1-9,14,19,22,24H,10-13,15-17H2,(H,27,32)/p+1/t19-,22-,24+/m1/s1. The summed E-state index contributed by atoms with van der Waals surface area (Å²) in [6, 6.07) is 17.1. The van der Waals surface area contributed by atoms with Gasteiger partial charge in [0.1, 0.15) is 11.9 Å². The summed E-state index contributed by atoms with van der Waals surface area (Å²) in [7, 11) is 0. The minimum absolute atomic E-state index is 0.0547. The van der Waals surface area contributed by atoms with Gasteiger partial charge in [0.15, 0.2) is 0 Å². The first kappa shape index (κ1) is 22.1. The van der Waals surface area contributed by atoms with Crippen molar-refractivity contribution in [1.82, 2.24) is 20.3 Å². The van der Waals surface area contributed by atoms with Crippen LogP contribution in [-0.2, 0) is 23.6 Å². The zero-order chi connectivity index (χ0) is 22.6. The molecule has 1 amide bonds. The lowest BCUT2D eigenvalue weighted by Gasteiger charge is -2.46.